The van der Waals surface area contributed by atoms with E-state index in [2.05, 4.69) is 6.58 Å². The van der Waals surface area contributed by atoms with Crippen LogP contribution in [0.1, 0.15) is 10.4 Å². The van der Waals surface area contributed by atoms with Crippen LogP contribution in [0.15, 0.2) is 61.3 Å². The van der Waals surface area contributed by atoms with Crippen LogP contribution in [0.4, 0.5) is 11.4 Å². The Morgan fingerprint density at radius 1 is 1.18 bits per heavy atom. The summed E-state index contributed by atoms with van der Waals surface area (Å²) in [5, 5.41) is 10.6. The molecule has 0 saturated carbocycles. The summed E-state index contributed by atoms with van der Waals surface area (Å²) in [6.07, 6.45) is 1.39. The second kappa shape index (κ2) is 6.53. The molecule has 0 radical (unpaired) electrons. The number of rotatable bonds is 5. The van der Waals surface area contributed by atoms with Crippen LogP contribution in [0.3, 0.4) is 0 Å². The SMILES string of the molecule is C=CN(C(=O)c1ccc([N+](=O)[O-])cc1)c1ccc(OC)cc1. The van der Waals surface area contributed by atoms with Crippen LogP contribution in [0, 0.1) is 10.1 Å². The van der Waals surface area contributed by atoms with Gasteiger partial charge in [0, 0.05) is 29.6 Å². The highest BCUT2D eigenvalue weighted by atomic mass is 16.6. The van der Waals surface area contributed by atoms with Crippen molar-refractivity contribution >= 4 is 17.3 Å². The average Bonchev–Trinajstić information content (AvgIpc) is 2.56. The number of methoxy groups -OCH3 is 1. The maximum atomic E-state index is 12.5. The minimum absolute atomic E-state index is 0.0637. The number of carbonyl (C=O) groups excluding carboxylic acids is 1. The van der Waals surface area contributed by atoms with E-state index in [0.717, 1.165) is 0 Å². The lowest BCUT2D eigenvalue weighted by Crippen LogP contribution is -2.24. The third-order valence-corrected chi connectivity index (χ3v) is 3.08. The van der Waals surface area contributed by atoms with Gasteiger partial charge in [0.05, 0.1) is 12.0 Å². The van der Waals surface area contributed by atoms with Crippen molar-refractivity contribution in [1.82, 2.24) is 0 Å². The summed E-state index contributed by atoms with van der Waals surface area (Å²) in [7, 11) is 1.56. The van der Waals surface area contributed by atoms with Gasteiger partial charge in [-0.05, 0) is 36.4 Å². The Morgan fingerprint density at radius 2 is 1.77 bits per heavy atom. The van der Waals surface area contributed by atoms with E-state index in [1.807, 2.05) is 0 Å². The number of non-ortho nitro benzene ring substituents is 1. The molecule has 0 N–H and O–H groups in total. The van der Waals surface area contributed by atoms with Gasteiger partial charge in [0.15, 0.2) is 0 Å². The summed E-state index contributed by atoms with van der Waals surface area (Å²) < 4.78 is 5.07. The number of amides is 1. The number of hydrogen-bond donors (Lipinski definition) is 0. The van der Waals surface area contributed by atoms with Crippen LogP contribution in [-0.2, 0) is 0 Å². The highest BCUT2D eigenvalue weighted by molar-refractivity contribution is 6.07. The second-order valence-electron chi connectivity index (χ2n) is 4.36. The molecule has 0 saturated heterocycles. The molecule has 2 aromatic rings. The predicted molar refractivity (Wildman–Crippen MR) is 83.1 cm³/mol. The second-order valence-corrected chi connectivity index (χ2v) is 4.36. The fraction of sp³-hybridized carbons (Fsp3) is 0.0625. The lowest BCUT2D eigenvalue weighted by molar-refractivity contribution is -0.384. The number of nitrogens with zero attached hydrogens (tertiary/aromatic N) is 2. The normalized spacial score (nSPS) is 9.86. The minimum Gasteiger partial charge on any atom is -0.497 e. The third-order valence-electron chi connectivity index (χ3n) is 3.08. The van der Waals surface area contributed by atoms with Gasteiger partial charge in [0.1, 0.15) is 5.75 Å². The zero-order chi connectivity index (χ0) is 16.1. The van der Waals surface area contributed by atoms with E-state index in [1.54, 1.807) is 31.4 Å². The number of nitro groups is 1. The first-order valence-electron chi connectivity index (χ1n) is 6.41. The fourth-order valence-electron chi connectivity index (χ4n) is 1.91. The minimum atomic E-state index is -0.511. The van der Waals surface area contributed by atoms with Gasteiger partial charge in [-0.15, -0.1) is 0 Å². The number of carbonyl (C=O) groups is 1. The molecular formula is C16H14N2O4. The molecule has 0 aliphatic heterocycles. The van der Waals surface area contributed by atoms with E-state index in [0.29, 0.717) is 17.0 Å². The van der Waals surface area contributed by atoms with Gasteiger partial charge >= 0.3 is 0 Å². The van der Waals surface area contributed by atoms with Crippen molar-refractivity contribution in [1.29, 1.82) is 0 Å². The van der Waals surface area contributed by atoms with Crippen molar-refractivity contribution in [2.75, 3.05) is 12.0 Å². The van der Waals surface area contributed by atoms with E-state index in [-0.39, 0.29) is 11.6 Å². The summed E-state index contributed by atoms with van der Waals surface area (Å²) in [6.45, 7) is 3.64. The Labute approximate surface area is 127 Å². The Morgan fingerprint density at radius 3 is 2.23 bits per heavy atom. The first-order valence-corrected chi connectivity index (χ1v) is 6.41. The molecule has 0 heterocycles. The number of anilines is 1. The Hall–Kier alpha value is -3.15. The highest BCUT2D eigenvalue weighted by Crippen LogP contribution is 2.22. The third kappa shape index (κ3) is 3.12. The van der Waals surface area contributed by atoms with Crippen LogP contribution < -0.4 is 9.64 Å². The summed E-state index contributed by atoms with van der Waals surface area (Å²) in [5.74, 6) is 0.352. The van der Waals surface area contributed by atoms with Gasteiger partial charge in [0.2, 0.25) is 0 Å². The molecule has 6 heteroatoms. The summed E-state index contributed by atoms with van der Waals surface area (Å²) >= 11 is 0. The van der Waals surface area contributed by atoms with E-state index < -0.39 is 4.92 Å². The zero-order valence-corrected chi connectivity index (χ0v) is 11.9. The van der Waals surface area contributed by atoms with Crippen molar-refractivity contribution in [3.63, 3.8) is 0 Å². The fourth-order valence-corrected chi connectivity index (χ4v) is 1.91. The van der Waals surface area contributed by atoms with Gasteiger partial charge in [-0.2, -0.15) is 0 Å². The molecule has 0 fully saturated rings. The van der Waals surface area contributed by atoms with Gasteiger partial charge in [-0.3, -0.25) is 19.8 Å². The molecule has 2 rings (SSSR count). The monoisotopic (exact) mass is 298 g/mol. The van der Waals surface area contributed by atoms with Gasteiger partial charge in [0.25, 0.3) is 11.6 Å². The van der Waals surface area contributed by atoms with Crippen molar-refractivity contribution in [3.05, 3.63) is 77.0 Å². The summed E-state index contributed by atoms with van der Waals surface area (Å²) in [6, 6.07) is 12.3. The van der Waals surface area contributed by atoms with Crippen molar-refractivity contribution in [3.8, 4) is 5.75 Å². The van der Waals surface area contributed by atoms with Crippen LogP contribution in [0.25, 0.3) is 0 Å². The van der Waals surface area contributed by atoms with E-state index >= 15 is 0 Å². The largest absolute Gasteiger partial charge is 0.497 e. The van der Waals surface area contributed by atoms with Crippen LogP contribution in [-0.4, -0.2) is 17.9 Å². The molecule has 6 nitrogen and oxygen atoms in total. The first-order chi connectivity index (χ1) is 10.6. The number of hydrogen-bond acceptors (Lipinski definition) is 4. The zero-order valence-electron chi connectivity index (χ0n) is 11.9. The number of nitro benzene ring substituents is 1. The molecule has 0 unspecified atom stereocenters. The highest BCUT2D eigenvalue weighted by Gasteiger charge is 2.16. The summed E-state index contributed by atoms with van der Waals surface area (Å²) in [4.78, 5) is 24.0. The van der Waals surface area contributed by atoms with E-state index in [9.17, 15) is 14.9 Å². The van der Waals surface area contributed by atoms with Crippen LogP contribution in [0.5, 0.6) is 5.75 Å². The lowest BCUT2D eigenvalue weighted by Gasteiger charge is -2.18. The molecule has 0 aliphatic carbocycles. The number of ether oxygens (including phenoxy) is 1. The van der Waals surface area contributed by atoms with E-state index in [1.165, 1.54) is 35.4 Å². The molecule has 2 aromatic carbocycles. The first kappa shape index (κ1) is 15.2. The van der Waals surface area contributed by atoms with Crippen molar-refractivity contribution < 1.29 is 14.5 Å². The molecule has 0 atom stereocenters. The summed E-state index contributed by atoms with van der Waals surface area (Å²) in [5.41, 5.74) is 0.895. The lowest BCUT2D eigenvalue weighted by atomic mass is 10.1. The average molecular weight is 298 g/mol. The van der Waals surface area contributed by atoms with Gasteiger partial charge in [-0.1, -0.05) is 6.58 Å². The van der Waals surface area contributed by atoms with Crippen molar-refractivity contribution in [2.45, 2.75) is 0 Å². The molecule has 22 heavy (non-hydrogen) atoms. The maximum absolute atomic E-state index is 12.5. The smallest absolute Gasteiger partial charge is 0.269 e. The van der Waals surface area contributed by atoms with E-state index in [4.69, 9.17) is 4.74 Å². The van der Waals surface area contributed by atoms with Crippen LogP contribution >= 0.6 is 0 Å². The predicted octanol–water partition coefficient (Wildman–Crippen LogP) is 3.39. The van der Waals surface area contributed by atoms with Crippen molar-refractivity contribution in [2.24, 2.45) is 0 Å². The molecule has 0 aliphatic rings. The Kier molecular flexibility index (Phi) is 4.53. The number of benzene rings is 2. The molecule has 0 spiro atoms. The molecular weight excluding hydrogens is 284 g/mol. The molecule has 0 bridgehead atoms. The standard InChI is InChI=1S/C16H14N2O4/c1-3-17(13-8-10-15(22-2)11-9-13)16(19)12-4-6-14(7-5-12)18(20)21/h3-11H,1H2,2H3. The van der Waals surface area contributed by atoms with Gasteiger partial charge < -0.3 is 4.74 Å². The quantitative estimate of drug-likeness (QED) is 0.626. The Bertz CT molecular complexity index is 693. The molecule has 1 amide bonds. The topological polar surface area (TPSA) is 72.7 Å². The molecule has 0 aromatic heterocycles. The maximum Gasteiger partial charge on any atom is 0.269 e. The van der Waals surface area contributed by atoms with Gasteiger partial charge in [-0.25, -0.2) is 0 Å². The Balaban J connectivity index is 2.27. The molecule has 112 valence electrons. The van der Waals surface area contributed by atoms with Crippen LogP contribution in [0.2, 0.25) is 0 Å².